The molecule has 0 aliphatic rings. The molecule has 0 aromatic heterocycles. The molecular weight excluding hydrogens is 206 g/mol. The summed E-state index contributed by atoms with van der Waals surface area (Å²) in [6.07, 6.45) is 0. The van der Waals surface area contributed by atoms with Crippen molar-refractivity contribution >= 4 is 40.0 Å². The fraction of sp³-hybridized carbons (Fsp3) is 0. The summed E-state index contributed by atoms with van der Waals surface area (Å²) in [5, 5.41) is 0. The van der Waals surface area contributed by atoms with Crippen molar-refractivity contribution in [2.24, 2.45) is 0 Å². The lowest BCUT2D eigenvalue weighted by molar-refractivity contribution is 0.238. The molecule has 0 aromatic rings. The Balaban J connectivity index is 2.85. The number of hydrogen-bond acceptors (Lipinski definition) is 2. The first-order valence-corrected chi connectivity index (χ1v) is 2.01. The predicted octanol–water partition coefficient (Wildman–Crippen LogP) is 1.71. The van der Waals surface area contributed by atoms with Gasteiger partial charge in [0, 0.05) is 11.6 Å². The first kappa shape index (κ1) is 5.49. The van der Waals surface area contributed by atoms with Crippen LogP contribution in [-0.4, -0.2) is 5.43 Å². The molecule has 0 bridgehead atoms. The van der Waals surface area contributed by atoms with Crippen LogP contribution in [0.1, 0.15) is 0 Å². The van der Waals surface area contributed by atoms with E-state index in [0.29, 0.717) is 0 Å². The normalized spacial score (nSPS) is 6.80. The van der Waals surface area contributed by atoms with Crippen molar-refractivity contribution in [3.05, 3.63) is 0 Å². The Hall–Kier alpha value is 0.490. The van der Waals surface area contributed by atoms with E-state index < -0.39 is 5.43 Å². The maximum absolute atomic E-state index is 9.35. The zero-order chi connectivity index (χ0) is 4.28. The Morgan fingerprint density at radius 1 is 2.00 bits per heavy atom. The Kier molecular flexibility index (Phi) is 2.98. The first-order valence-electron chi connectivity index (χ1n) is 0.752. The van der Waals surface area contributed by atoms with Crippen molar-refractivity contribution < 1.29 is 7.86 Å². The van der Waals surface area contributed by atoms with Crippen LogP contribution in [0.4, 0.5) is 4.79 Å². The van der Waals surface area contributed by atoms with Crippen molar-refractivity contribution in [1.82, 2.24) is 0 Å². The van der Waals surface area contributed by atoms with Gasteiger partial charge in [-0.3, -0.25) is 0 Å². The van der Waals surface area contributed by atoms with Crippen molar-refractivity contribution in [1.29, 1.82) is 0 Å². The van der Waals surface area contributed by atoms with E-state index in [1.165, 1.54) is 23.0 Å². The summed E-state index contributed by atoms with van der Waals surface area (Å²) in [7, 11) is 0. The predicted molar refractivity (Wildman–Crippen MR) is 26.4 cm³/mol. The third-order valence-corrected chi connectivity index (χ3v) is 0.798. The second-order valence-corrected chi connectivity index (χ2v) is 1.06. The van der Waals surface area contributed by atoms with E-state index in [-0.39, 0.29) is 0 Å². The van der Waals surface area contributed by atoms with Gasteiger partial charge in [0.1, 0.15) is 0 Å². The second kappa shape index (κ2) is 2.71. The van der Waals surface area contributed by atoms with Gasteiger partial charge in [-0.2, -0.15) is 0 Å². The van der Waals surface area contributed by atoms with Crippen LogP contribution < -0.4 is 0 Å². The average molecular weight is 206 g/mol. The molecule has 0 N–H and O–H groups in total. The van der Waals surface area contributed by atoms with Crippen LogP contribution in [0.2, 0.25) is 0 Å². The Morgan fingerprint density at radius 2 is 2.20 bits per heavy atom. The van der Waals surface area contributed by atoms with Gasteiger partial charge in [-0.1, -0.05) is 0 Å². The molecule has 0 saturated carbocycles. The van der Waals surface area contributed by atoms with Crippen molar-refractivity contribution in [2.45, 2.75) is 0 Å². The highest BCUT2D eigenvalue weighted by molar-refractivity contribution is 14.1. The minimum Gasteiger partial charge on any atom is -0.383 e. The van der Waals surface area contributed by atoms with Gasteiger partial charge < -0.3 is 3.07 Å². The molecular formula is CClIO2. The number of carbonyl (C=O) groups is 1. The summed E-state index contributed by atoms with van der Waals surface area (Å²) in [4.78, 5) is 9.35. The fourth-order valence-electron chi connectivity index (χ4n) is 0. The lowest BCUT2D eigenvalue weighted by Gasteiger charge is -1.72. The van der Waals surface area contributed by atoms with Crippen molar-refractivity contribution in [3.8, 4) is 0 Å². The third kappa shape index (κ3) is 4.49. The smallest absolute Gasteiger partial charge is 0.383 e. The van der Waals surface area contributed by atoms with Crippen LogP contribution in [-0.2, 0) is 3.07 Å². The summed E-state index contributed by atoms with van der Waals surface area (Å²) in [6, 6.07) is 0. The topological polar surface area (TPSA) is 26.3 Å². The molecule has 0 aliphatic carbocycles. The van der Waals surface area contributed by atoms with E-state index in [1.54, 1.807) is 0 Å². The van der Waals surface area contributed by atoms with Crippen LogP contribution in [0.3, 0.4) is 0 Å². The Morgan fingerprint density at radius 3 is 2.20 bits per heavy atom. The van der Waals surface area contributed by atoms with Crippen LogP contribution in [0.25, 0.3) is 0 Å². The molecule has 0 aromatic carbocycles. The van der Waals surface area contributed by atoms with Gasteiger partial charge >= 0.3 is 5.43 Å². The van der Waals surface area contributed by atoms with E-state index in [0.717, 1.165) is 0 Å². The maximum atomic E-state index is 9.35. The summed E-state index contributed by atoms with van der Waals surface area (Å²) >= 11 is 5.99. The van der Waals surface area contributed by atoms with Crippen molar-refractivity contribution in [3.63, 3.8) is 0 Å². The van der Waals surface area contributed by atoms with E-state index >= 15 is 0 Å². The number of carbonyl (C=O) groups excluding carboxylic acids is 1. The van der Waals surface area contributed by atoms with Gasteiger partial charge in [-0.05, 0) is 0 Å². The zero-order valence-corrected chi connectivity index (χ0v) is 4.99. The minimum absolute atomic E-state index is 0.786. The van der Waals surface area contributed by atoms with E-state index in [4.69, 9.17) is 0 Å². The average Bonchev–Trinajstić information content (AvgIpc) is 1.38. The lowest BCUT2D eigenvalue weighted by atomic mass is 11.6. The standard InChI is InChI=1S/CClIO2/c2-1(4)5-3. The highest BCUT2D eigenvalue weighted by Gasteiger charge is 1.83. The molecule has 0 aliphatic heterocycles. The van der Waals surface area contributed by atoms with Crippen LogP contribution in [0.5, 0.6) is 0 Å². The molecule has 0 fully saturated rings. The summed E-state index contributed by atoms with van der Waals surface area (Å²) in [5.41, 5.74) is -0.786. The van der Waals surface area contributed by atoms with Gasteiger partial charge in [0.2, 0.25) is 0 Å². The summed E-state index contributed by atoms with van der Waals surface area (Å²) in [6.45, 7) is 0. The Labute approximate surface area is 48.1 Å². The molecule has 0 amide bonds. The van der Waals surface area contributed by atoms with Gasteiger partial charge in [-0.25, -0.2) is 4.79 Å². The summed E-state index contributed by atoms with van der Waals surface area (Å²) in [5.74, 6) is 0. The largest absolute Gasteiger partial charge is 0.413 e. The highest BCUT2D eigenvalue weighted by Crippen LogP contribution is 1.91. The van der Waals surface area contributed by atoms with E-state index in [9.17, 15) is 4.79 Å². The van der Waals surface area contributed by atoms with E-state index in [2.05, 4.69) is 14.7 Å². The quantitative estimate of drug-likeness (QED) is 0.445. The molecule has 0 unspecified atom stereocenters. The number of halogens is 2. The van der Waals surface area contributed by atoms with Gasteiger partial charge in [-0.15, -0.1) is 0 Å². The first-order chi connectivity index (χ1) is 2.27. The maximum Gasteiger partial charge on any atom is 0.413 e. The minimum atomic E-state index is -0.786. The summed E-state index contributed by atoms with van der Waals surface area (Å²) < 4.78 is 3.85. The monoisotopic (exact) mass is 206 g/mol. The van der Waals surface area contributed by atoms with Crippen LogP contribution >= 0.6 is 34.6 Å². The fourth-order valence-corrected chi connectivity index (χ4v) is 0. The molecule has 0 spiro atoms. The lowest BCUT2D eigenvalue weighted by Crippen LogP contribution is -1.71. The molecule has 0 saturated heterocycles. The Bertz CT molecular complexity index is 44.9. The number of hydrogen-bond donors (Lipinski definition) is 0. The molecule has 0 heterocycles. The highest BCUT2D eigenvalue weighted by atomic mass is 127. The molecule has 4 heteroatoms. The van der Waals surface area contributed by atoms with Gasteiger partial charge in [0.15, 0.2) is 23.0 Å². The van der Waals surface area contributed by atoms with Crippen LogP contribution in [0.15, 0.2) is 0 Å². The second-order valence-electron chi connectivity index (χ2n) is 0.315. The van der Waals surface area contributed by atoms with Crippen LogP contribution in [0, 0.1) is 0 Å². The SMILES string of the molecule is O=C(Cl)OI. The molecule has 2 nitrogen and oxygen atoms in total. The third-order valence-electron chi connectivity index (χ3n) is 0.0607. The van der Waals surface area contributed by atoms with E-state index in [1.807, 2.05) is 0 Å². The molecule has 5 heavy (non-hydrogen) atoms. The van der Waals surface area contributed by atoms with Crippen molar-refractivity contribution in [2.75, 3.05) is 0 Å². The number of rotatable bonds is 0. The zero-order valence-electron chi connectivity index (χ0n) is 2.07. The molecule has 30 valence electrons. The molecule has 0 radical (unpaired) electrons. The van der Waals surface area contributed by atoms with Gasteiger partial charge in [0.25, 0.3) is 0 Å². The molecule has 0 rings (SSSR count). The molecule has 0 atom stereocenters. The van der Waals surface area contributed by atoms with Gasteiger partial charge in [0.05, 0.1) is 0 Å².